The number of fused-ring (bicyclic) bond motifs is 1. The Kier molecular flexibility index (Phi) is 2.60. The third-order valence-corrected chi connectivity index (χ3v) is 3.10. The van der Waals surface area contributed by atoms with Gasteiger partial charge in [-0.3, -0.25) is 9.50 Å². The lowest BCUT2D eigenvalue weighted by molar-refractivity contribution is 1.08. The van der Waals surface area contributed by atoms with Crippen LogP contribution in [0, 0.1) is 0 Å². The standard InChI is InChI=1S/C14H11N7/c1-2-4-10(5-3-1)14-20-19-13-6-12(15-9-21(13)14)18-11-7-16-17-8-11/h1-9,18H,(H,16,17). The molecule has 4 rings (SSSR count). The zero-order valence-electron chi connectivity index (χ0n) is 10.9. The van der Waals surface area contributed by atoms with Crippen molar-refractivity contribution in [3.8, 4) is 11.4 Å². The maximum Gasteiger partial charge on any atom is 0.169 e. The lowest BCUT2D eigenvalue weighted by Gasteiger charge is -2.03. The third kappa shape index (κ3) is 2.10. The Morgan fingerprint density at radius 3 is 2.81 bits per heavy atom. The molecular weight excluding hydrogens is 266 g/mol. The summed E-state index contributed by atoms with van der Waals surface area (Å²) in [6.45, 7) is 0. The van der Waals surface area contributed by atoms with Crippen molar-refractivity contribution >= 4 is 17.2 Å². The molecule has 0 saturated carbocycles. The monoisotopic (exact) mass is 277 g/mol. The summed E-state index contributed by atoms with van der Waals surface area (Å²) in [5, 5.41) is 18.2. The summed E-state index contributed by atoms with van der Waals surface area (Å²) >= 11 is 0. The van der Waals surface area contributed by atoms with Gasteiger partial charge >= 0.3 is 0 Å². The second kappa shape index (κ2) is 4.71. The Hall–Kier alpha value is -3.22. The van der Waals surface area contributed by atoms with E-state index in [9.17, 15) is 0 Å². The van der Waals surface area contributed by atoms with E-state index >= 15 is 0 Å². The topological polar surface area (TPSA) is 83.8 Å². The smallest absolute Gasteiger partial charge is 0.169 e. The van der Waals surface area contributed by atoms with E-state index in [0.717, 1.165) is 22.7 Å². The first kappa shape index (κ1) is 11.6. The Labute approximate surface area is 119 Å². The van der Waals surface area contributed by atoms with E-state index in [1.165, 1.54) is 0 Å². The van der Waals surface area contributed by atoms with Crippen LogP contribution in [0.1, 0.15) is 0 Å². The van der Waals surface area contributed by atoms with Crippen LogP contribution in [-0.4, -0.2) is 29.8 Å². The molecule has 0 spiro atoms. The normalized spacial score (nSPS) is 10.9. The molecule has 21 heavy (non-hydrogen) atoms. The molecule has 0 aliphatic carbocycles. The van der Waals surface area contributed by atoms with Crippen LogP contribution in [0.15, 0.2) is 55.1 Å². The van der Waals surface area contributed by atoms with E-state index in [2.05, 4.69) is 30.7 Å². The average molecular weight is 277 g/mol. The molecule has 0 atom stereocenters. The summed E-state index contributed by atoms with van der Waals surface area (Å²) in [6.07, 6.45) is 5.15. The summed E-state index contributed by atoms with van der Waals surface area (Å²) in [5.74, 6) is 1.46. The van der Waals surface area contributed by atoms with Crippen molar-refractivity contribution in [3.05, 3.63) is 55.1 Å². The zero-order chi connectivity index (χ0) is 14.1. The molecule has 0 aliphatic heterocycles. The molecular formula is C14H11N7. The van der Waals surface area contributed by atoms with Gasteiger partial charge in [0.05, 0.1) is 11.9 Å². The van der Waals surface area contributed by atoms with Crippen molar-refractivity contribution in [1.29, 1.82) is 0 Å². The fraction of sp³-hybridized carbons (Fsp3) is 0. The molecule has 102 valence electrons. The van der Waals surface area contributed by atoms with Gasteiger partial charge in [0.25, 0.3) is 0 Å². The summed E-state index contributed by atoms with van der Waals surface area (Å²) in [6, 6.07) is 11.7. The summed E-state index contributed by atoms with van der Waals surface area (Å²) in [4.78, 5) is 4.37. The number of nitrogens with zero attached hydrogens (tertiary/aromatic N) is 5. The Morgan fingerprint density at radius 2 is 2.00 bits per heavy atom. The Bertz CT molecular complexity index is 865. The molecule has 0 bridgehead atoms. The molecule has 1 aromatic carbocycles. The van der Waals surface area contributed by atoms with E-state index in [1.807, 2.05) is 40.8 Å². The minimum atomic E-state index is 0.691. The second-order valence-electron chi connectivity index (χ2n) is 4.50. The van der Waals surface area contributed by atoms with Gasteiger partial charge < -0.3 is 5.32 Å². The summed E-state index contributed by atoms with van der Waals surface area (Å²) in [7, 11) is 0. The van der Waals surface area contributed by atoms with Gasteiger partial charge in [-0.2, -0.15) is 5.10 Å². The molecule has 4 aromatic rings. The maximum absolute atomic E-state index is 4.37. The number of nitrogens with one attached hydrogen (secondary N) is 2. The molecule has 0 fully saturated rings. The molecule has 0 saturated heterocycles. The van der Waals surface area contributed by atoms with Gasteiger partial charge in [-0.15, -0.1) is 10.2 Å². The number of anilines is 2. The van der Waals surface area contributed by atoms with Crippen LogP contribution in [0.3, 0.4) is 0 Å². The first-order chi connectivity index (χ1) is 10.4. The second-order valence-corrected chi connectivity index (χ2v) is 4.50. The predicted molar refractivity (Wildman–Crippen MR) is 78.1 cm³/mol. The van der Waals surface area contributed by atoms with Crippen LogP contribution in [0.4, 0.5) is 11.5 Å². The maximum atomic E-state index is 4.37. The largest absolute Gasteiger partial charge is 0.338 e. The highest BCUT2D eigenvalue weighted by molar-refractivity contribution is 5.63. The zero-order valence-corrected chi connectivity index (χ0v) is 10.9. The van der Waals surface area contributed by atoms with Crippen LogP contribution in [0.5, 0.6) is 0 Å². The molecule has 3 heterocycles. The number of benzene rings is 1. The molecule has 7 heteroatoms. The van der Waals surface area contributed by atoms with Crippen LogP contribution in [0.2, 0.25) is 0 Å². The van der Waals surface area contributed by atoms with Crippen molar-refractivity contribution in [2.24, 2.45) is 0 Å². The van der Waals surface area contributed by atoms with Crippen LogP contribution in [-0.2, 0) is 0 Å². The van der Waals surface area contributed by atoms with E-state index in [1.54, 1.807) is 18.7 Å². The highest BCUT2D eigenvalue weighted by Gasteiger charge is 2.08. The predicted octanol–water partition coefficient (Wildman–Crippen LogP) is 2.26. The Balaban J connectivity index is 1.74. The first-order valence-electron chi connectivity index (χ1n) is 6.42. The van der Waals surface area contributed by atoms with E-state index in [-0.39, 0.29) is 0 Å². The average Bonchev–Trinajstić information content (AvgIpc) is 3.17. The van der Waals surface area contributed by atoms with Gasteiger partial charge in [0, 0.05) is 17.8 Å². The number of aromatic nitrogens is 6. The van der Waals surface area contributed by atoms with Gasteiger partial charge in [-0.25, -0.2) is 4.98 Å². The van der Waals surface area contributed by atoms with Crippen molar-refractivity contribution in [3.63, 3.8) is 0 Å². The van der Waals surface area contributed by atoms with E-state index in [0.29, 0.717) is 5.82 Å². The van der Waals surface area contributed by atoms with Gasteiger partial charge in [0.1, 0.15) is 12.1 Å². The van der Waals surface area contributed by atoms with Crippen LogP contribution >= 0.6 is 0 Å². The van der Waals surface area contributed by atoms with E-state index in [4.69, 9.17) is 0 Å². The molecule has 0 unspecified atom stereocenters. The lowest BCUT2D eigenvalue weighted by Crippen LogP contribution is -1.96. The Morgan fingerprint density at radius 1 is 1.10 bits per heavy atom. The number of hydrogen-bond acceptors (Lipinski definition) is 5. The molecule has 7 nitrogen and oxygen atoms in total. The molecule has 0 radical (unpaired) electrons. The van der Waals surface area contributed by atoms with Crippen molar-refractivity contribution < 1.29 is 0 Å². The summed E-state index contributed by atoms with van der Waals surface area (Å²) in [5.41, 5.74) is 2.58. The highest BCUT2D eigenvalue weighted by Crippen LogP contribution is 2.19. The lowest BCUT2D eigenvalue weighted by atomic mass is 10.2. The van der Waals surface area contributed by atoms with Crippen LogP contribution < -0.4 is 5.32 Å². The molecule has 0 amide bonds. The molecule has 0 aliphatic rings. The number of H-pyrrole nitrogens is 1. The van der Waals surface area contributed by atoms with Gasteiger partial charge in [0.2, 0.25) is 0 Å². The fourth-order valence-electron chi connectivity index (χ4n) is 2.11. The van der Waals surface area contributed by atoms with Gasteiger partial charge in [-0.05, 0) is 0 Å². The highest BCUT2D eigenvalue weighted by atomic mass is 15.3. The molecule has 2 N–H and O–H groups in total. The number of hydrogen-bond donors (Lipinski definition) is 2. The van der Waals surface area contributed by atoms with E-state index < -0.39 is 0 Å². The minimum absolute atomic E-state index is 0.691. The number of aromatic amines is 1. The van der Waals surface area contributed by atoms with Gasteiger partial charge in [0.15, 0.2) is 11.5 Å². The van der Waals surface area contributed by atoms with Crippen molar-refractivity contribution in [2.45, 2.75) is 0 Å². The third-order valence-electron chi connectivity index (χ3n) is 3.10. The van der Waals surface area contributed by atoms with Gasteiger partial charge in [-0.1, -0.05) is 30.3 Å². The SMILES string of the molecule is c1ccc(-c2nnc3cc(Nc4cn[nH]c4)ncn23)cc1. The number of rotatable bonds is 3. The minimum Gasteiger partial charge on any atom is -0.338 e. The first-order valence-corrected chi connectivity index (χ1v) is 6.42. The van der Waals surface area contributed by atoms with Crippen molar-refractivity contribution in [2.75, 3.05) is 5.32 Å². The van der Waals surface area contributed by atoms with Crippen molar-refractivity contribution in [1.82, 2.24) is 29.8 Å². The fourth-order valence-corrected chi connectivity index (χ4v) is 2.11. The summed E-state index contributed by atoms with van der Waals surface area (Å²) < 4.78 is 1.86. The quantitative estimate of drug-likeness (QED) is 0.600. The molecule has 3 aromatic heterocycles. The van der Waals surface area contributed by atoms with Crippen LogP contribution in [0.25, 0.3) is 17.0 Å².